The highest BCUT2D eigenvalue weighted by Gasteiger charge is 2.32. The van der Waals surface area contributed by atoms with E-state index >= 15 is 0 Å². The highest BCUT2D eigenvalue weighted by atomic mass is 31.2. The molecule has 1 aliphatic heterocycles. The van der Waals surface area contributed by atoms with Crippen molar-refractivity contribution in [1.82, 2.24) is 0 Å². The van der Waals surface area contributed by atoms with Gasteiger partial charge >= 0.3 is 6.09 Å². The third-order valence-electron chi connectivity index (χ3n) is 4.90. The number of carbonyl (C=O) groups is 1. The molecule has 2 aromatic rings. The van der Waals surface area contributed by atoms with Gasteiger partial charge in [-0.05, 0) is 48.9 Å². The molecule has 0 saturated carbocycles. The molecule has 0 atom stereocenters. The molecule has 1 aliphatic rings. The van der Waals surface area contributed by atoms with Crippen LogP contribution in [0, 0.1) is 5.82 Å². The molecule has 28 heavy (non-hydrogen) atoms. The van der Waals surface area contributed by atoms with Gasteiger partial charge in [-0.2, -0.15) is 0 Å². The Balaban J connectivity index is 1.55. The predicted octanol–water partition coefficient (Wildman–Crippen LogP) is 5.77. The maximum atomic E-state index is 14.6. The number of carbonyl (C=O) groups excluding carboxylic acids is 1. The lowest BCUT2D eigenvalue weighted by Gasteiger charge is -2.29. The molecular formula is C21H25FNO4P. The molecule has 1 saturated heterocycles. The Bertz CT molecular complexity index is 847. The first-order valence-corrected chi connectivity index (χ1v) is 11.5. The molecule has 0 aliphatic carbocycles. The van der Waals surface area contributed by atoms with Crippen molar-refractivity contribution in [2.45, 2.75) is 32.3 Å². The Labute approximate surface area is 164 Å². The Kier molecular flexibility index (Phi) is 6.87. The van der Waals surface area contributed by atoms with Gasteiger partial charge in [0.2, 0.25) is 7.37 Å². The fourth-order valence-corrected chi connectivity index (χ4v) is 5.81. The predicted molar refractivity (Wildman–Crippen MR) is 108 cm³/mol. The summed E-state index contributed by atoms with van der Waals surface area (Å²) in [6.45, 7) is 2.42. The summed E-state index contributed by atoms with van der Waals surface area (Å²) in [5.74, 6) is -0.361. The fourth-order valence-electron chi connectivity index (χ4n) is 3.45. The van der Waals surface area contributed by atoms with Crippen LogP contribution < -0.4 is 5.32 Å². The van der Waals surface area contributed by atoms with E-state index in [4.69, 9.17) is 9.26 Å². The van der Waals surface area contributed by atoms with Gasteiger partial charge in [0.15, 0.2) is 0 Å². The van der Waals surface area contributed by atoms with Gasteiger partial charge in [-0.3, -0.25) is 9.88 Å². The van der Waals surface area contributed by atoms with E-state index in [2.05, 4.69) is 5.32 Å². The first-order valence-electron chi connectivity index (χ1n) is 9.49. The van der Waals surface area contributed by atoms with Gasteiger partial charge in [-0.15, -0.1) is 0 Å². The number of halogens is 1. The number of rotatable bonds is 6. The van der Waals surface area contributed by atoms with E-state index in [-0.39, 0.29) is 18.3 Å². The Morgan fingerprint density at radius 3 is 2.54 bits per heavy atom. The lowest BCUT2D eigenvalue weighted by Crippen LogP contribution is -2.16. The third kappa shape index (κ3) is 5.43. The number of benzene rings is 2. The lowest BCUT2D eigenvalue weighted by molar-refractivity contribution is 0.155. The summed E-state index contributed by atoms with van der Waals surface area (Å²) in [4.78, 5) is 11.9. The van der Waals surface area contributed by atoms with Crippen molar-refractivity contribution >= 4 is 19.1 Å². The minimum Gasteiger partial charge on any atom is -0.444 e. The van der Waals surface area contributed by atoms with Crippen LogP contribution in [0.4, 0.5) is 14.9 Å². The summed E-state index contributed by atoms with van der Waals surface area (Å²) in [5, 5.41) is 2.55. The second kappa shape index (κ2) is 9.35. The van der Waals surface area contributed by atoms with E-state index in [1.165, 1.54) is 6.07 Å². The number of hydrogen-bond donors (Lipinski definition) is 1. The molecule has 1 heterocycles. The van der Waals surface area contributed by atoms with E-state index in [1.807, 2.05) is 37.3 Å². The second-order valence-electron chi connectivity index (χ2n) is 6.88. The lowest BCUT2D eigenvalue weighted by atomic mass is 9.93. The van der Waals surface area contributed by atoms with Crippen molar-refractivity contribution in [3.8, 4) is 0 Å². The summed E-state index contributed by atoms with van der Waals surface area (Å²) in [5.41, 5.74) is 1.81. The van der Waals surface area contributed by atoms with Crippen LogP contribution in [-0.2, 0) is 20.4 Å². The number of ether oxygens (including phenoxy) is 1. The second-order valence-corrected chi connectivity index (χ2v) is 9.66. The average molecular weight is 405 g/mol. The smallest absolute Gasteiger partial charge is 0.411 e. The van der Waals surface area contributed by atoms with Crippen molar-refractivity contribution in [2.75, 3.05) is 24.2 Å². The van der Waals surface area contributed by atoms with Crippen molar-refractivity contribution in [3.63, 3.8) is 0 Å². The van der Waals surface area contributed by atoms with Gasteiger partial charge in [0, 0.05) is 18.0 Å². The molecule has 0 radical (unpaired) electrons. The number of nitrogens with one attached hydrogen (secondary N) is 1. The zero-order chi connectivity index (χ0) is 20.0. The van der Waals surface area contributed by atoms with Gasteiger partial charge in [-0.25, -0.2) is 9.18 Å². The molecule has 5 nitrogen and oxygen atoms in total. The maximum absolute atomic E-state index is 14.6. The molecule has 2 aromatic carbocycles. The van der Waals surface area contributed by atoms with Crippen LogP contribution in [-0.4, -0.2) is 25.0 Å². The molecule has 1 fully saturated rings. The number of hydrogen-bond acceptors (Lipinski definition) is 4. The highest BCUT2D eigenvalue weighted by Crippen LogP contribution is 2.54. The summed E-state index contributed by atoms with van der Waals surface area (Å²) in [7, 11) is -2.54. The van der Waals surface area contributed by atoms with E-state index in [1.54, 1.807) is 12.1 Å². The third-order valence-corrected chi connectivity index (χ3v) is 7.51. The summed E-state index contributed by atoms with van der Waals surface area (Å²) >= 11 is 0. The van der Waals surface area contributed by atoms with Crippen LogP contribution in [0.25, 0.3) is 0 Å². The van der Waals surface area contributed by atoms with E-state index in [9.17, 15) is 13.8 Å². The highest BCUT2D eigenvalue weighted by molar-refractivity contribution is 7.59. The molecule has 1 N–H and O–H groups in total. The van der Waals surface area contributed by atoms with Crippen LogP contribution >= 0.6 is 7.37 Å². The minimum absolute atomic E-state index is 0.0154. The molecule has 0 bridgehead atoms. The van der Waals surface area contributed by atoms with Crippen molar-refractivity contribution in [2.24, 2.45) is 0 Å². The Morgan fingerprint density at radius 2 is 1.89 bits per heavy atom. The fraction of sp³-hybridized carbons (Fsp3) is 0.381. The quantitative estimate of drug-likeness (QED) is 0.620. The van der Waals surface area contributed by atoms with Gasteiger partial charge in [0.05, 0.1) is 6.61 Å². The molecule has 0 aromatic heterocycles. The molecule has 0 spiro atoms. The van der Waals surface area contributed by atoms with Gasteiger partial charge in [0.1, 0.15) is 12.4 Å². The van der Waals surface area contributed by atoms with Crippen LogP contribution in [0.1, 0.15) is 36.8 Å². The van der Waals surface area contributed by atoms with Gasteiger partial charge < -0.3 is 9.26 Å². The minimum atomic E-state index is -2.54. The zero-order valence-corrected chi connectivity index (χ0v) is 16.8. The summed E-state index contributed by atoms with van der Waals surface area (Å²) in [6.07, 6.45) is 1.61. The molecule has 3 rings (SSSR count). The van der Waals surface area contributed by atoms with Gasteiger partial charge in [0.25, 0.3) is 0 Å². The zero-order valence-electron chi connectivity index (χ0n) is 15.9. The average Bonchev–Trinajstić information content (AvgIpc) is 2.68. The molecule has 7 heteroatoms. The number of anilines is 1. The standard InChI is InChI=1S/C21H25FNO4P/c1-2-27-28(25)12-10-17(11-13-28)19-9-8-18(14-20(19)22)23-21(24)26-15-16-6-4-3-5-7-16/h3-9,14,17H,2,10-13,15H2,1H3,(H,23,24). The molecule has 1 amide bonds. The van der Waals surface area contributed by atoms with E-state index < -0.39 is 13.5 Å². The van der Waals surface area contributed by atoms with Gasteiger partial charge in [-0.1, -0.05) is 36.4 Å². The SMILES string of the molecule is CCOP1(=O)CCC(c2ccc(NC(=O)OCc3ccccc3)cc2F)CC1. The van der Waals surface area contributed by atoms with E-state index in [0.717, 1.165) is 5.56 Å². The van der Waals surface area contributed by atoms with Crippen LogP contribution in [0.5, 0.6) is 0 Å². The number of amides is 1. The molecular weight excluding hydrogens is 380 g/mol. The van der Waals surface area contributed by atoms with E-state index in [0.29, 0.717) is 43.0 Å². The maximum Gasteiger partial charge on any atom is 0.411 e. The van der Waals surface area contributed by atoms with Crippen LogP contribution in [0.15, 0.2) is 48.5 Å². The van der Waals surface area contributed by atoms with Crippen molar-refractivity contribution < 1.29 is 23.0 Å². The van der Waals surface area contributed by atoms with Crippen molar-refractivity contribution in [1.29, 1.82) is 0 Å². The normalized spacial score (nSPS) is 21.9. The molecule has 0 unspecified atom stereocenters. The van der Waals surface area contributed by atoms with Crippen molar-refractivity contribution in [3.05, 3.63) is 65.5 Å². The first-order chi connectivity index (χ1) is 13.5. The van der Waals surface area contributed by atoms with Crippen LogP contribution in [0.2, 0.25) is 0 Å². The Morgan fingerprint density at radius 1 is 1.18 bits per heavy atom. The molecule has 150 valence electrons. The monoisotopic (exact) mass is 405 g/mol. The first kappa shape index (κ1) is 20.6. The summed E-state index contributed by atoms with van der Waals surface area (Å²) < 4.78 is 37.6. The summed E-state index contributed by atoms with van der Waals surface area (Å²) in [6, 6.07) is 14.0. The van der Waals surface area contributed by atoms with Crippen LogP contribution in [0.3, 0.4) is 0 Å². The largest absolute Gasteiger partial charge is 0.444 e. The Hall–Kier alpha value is -2.17. The topological polar surface area (TPSA) is 64.6 Å².